The molecule has 166 valence electrons. The normalized spacial score (nSPS) is 19.0. The molecule has 1 saturated carbocycles. The van der Waals surface area contributed by atoms with E-state index in [-0.39, 0.29) is 11.5 Å². The fraction of sp³-hybridized carbons (Fsp3) is 0.435. The van der Waals surface area contributed by atoms with E-state index in [1.54, 1.807) is 24.3 Å². The second-order valence-electron chi connectivity index (χ2n) is 8.46. The highest BCUT2D eigenvalue weighted by Crippen LogP contribution is 2.47. The van der Waals surface area contributed by atoms with E-state index in [0.717, 1.165) is 18.4 Å². The van der Waals surface area contributed by atoms with Gasteiger partial charge in [-0.3, -0.25) is 0 Å². The minimum atomic E-state index is -3.52. The minimum absolute atomic E-state index is 0.0326. The first-order chi connectivity index (χ1) is 14.8. The quantitative estimate of drug-likeness (QED) is 0.695. The van der Waals surface area contributed by atoms with E-state index < -0.39 is 16.1 Å². The molecule has 0 radical (unpaired) electrons. The van der Waals surface area contributed by atoms with Gasteiger partial charge in [-0.2, -0.15) is 4.31 Å². The molecule has 2 fully saturated rings. The number of rotatable bonds is 6. The molecule has 1 saturated heterocycles. The SMILES string of the molecule is Cc1ccc(S(=O)(=O)N2CCC(OC(=O)NCC3(c4ccc(Cl)cc4)CC3)CC2)cc1. The molecule has 1 amide bonds. The molecule has 0 aromatic heterocycles. The molecular weight excluding hydrogens is 436 g/mol. The highest BCUT2D eigenvalue weighted by atomic mass is 35.5. The van der Waals surface area contributed by atoms with Crippen LogP contribution in [0.4, 0.5) is 4.79 Å². The van der Waals surface area contributed by atoms with Gasteiger partial charge in [-0.1, -0.05) is 41.4 Å². The lowest BCUT2D eigenvalue weighted by Gasteiger charge is -2.31. The van der Waals surface area contributed by atoms with Crippen LogP contribution in [0.3, 0.4) is 0 Å². The summed E-state index contributed by atoms with van der Waals surface area (Å²) in [4.78, 5) is 12.6. The number of ether oxygens (including phenoxy) is 1. The number of hydrogen-bond donors (Lipinski definition) is 1. The summed E-state index contributed by atoms with van der Waals surface area (Å²) in [6.45, 7) is 3.12. The highest BCUT2D eigenvalue weighted by Gasteiger charge is 2.44. The van der Waals surface area contributed by atoms with Crippen molar-refractivity contribution in [3.8, 4) is 0 Å². The van der Waals surface area contributed by atoms with Crippen molar-refractivity contribution >= 4 is 27.7 Å². The van der Waals surface area contributed by atoms with E-state index in [2.05, 4.69) is 5.32 Å². The maximum Gasteiger partial charge on any atom is 0.407 e. The van der Waals surface area contributed by atoms with Gasteiger partial charge in [0.25, 0.3) is 0 Å². The molecule has 0 bridgehead atoms. The molecule has 2 aromatic rings. The summed E-state index contributed by atoms with van der Waals surface area (Å²) < 4.78 is 32.6. The van der Waals surface area contributed by atoms with Crippen LogP contribution in [0.25, 0.3) is 0 Å². The Bertz CT molecular complexity index is 1030. The molecular formula is C23H27ClN2O4S. The predicted octanol–water partition coefficient (Wildman–Crippen LogP) is 4.26. The van der Waals surface area contributed by atoms with Crippen LogP contribution in [-0.2, 0) is 20.2 Å². The number of carbonyl (C=O) groups is 1. The Kier molecular flexibility index (Phi) is 6.28. The summed E-state index contributed by atoms with van der Waals surface area (Å²) in [5, 5.41) is 3.59. The minimum Gasteiger partial charge on any atom is -0.446 e. The Morgan fingerprint density at radius 3 is 2.29 bits per heavy atom. The first kappa shape index (κ1) is 22.1. The van der Waals surface area contributed by atoms with Crippen molar-refractivity contribution in [3.05, 3.63) is 64.7 Å². The topological polar surface area (TPSA) is 75.7 Å². The third-order valence-corrected chi connectivity index (χ3v) is 8.38. The highest BCUT2D eigenvalue weighted by molar-refractivity contribution is 7.89. The first-order valence-corrected chi connectivity index (χ1v) is 12.4. The predicted molar refractivity (Wildman–Crippen MR) is 120 cm³/mol. The molecule has 4 rings (SSSR count). The molecule has 0 unspecified atom stereocenters. The number of carbonyl (C=O) groups excluding carboxylic acids is 1. The molecule has 2 aliphatic rings. The summed E-state index contributed by atoms with van der Waals surface area (Å²) in [6, 6.07) is 14.6. The summed E-state index contributed by atoms with van der Waals surface area (Å²) in [5.41, 5.74) is 2.16. The van der Waals surface area contributed by atoms with Gasteiger partial charge in [0.2, 0.25) is 10.0 Å². The maximum atomic E-state index is 12.8. The van der Waals surface area contributed by atoms with Gasteiger partial charge < -0.3 is 10.1 Å². The number of aryl methyl sites for hydroxylation is 1. The van der Waals surface area contributed by atoms with Gasteiger partial charge >= 0.3 is 6.09 Å². The van der Waals surface area contributed by atoms with E-state index in [4.69, 9.17) is 16.3 Å². The third-order valence-electron chi connectivity index (χ3n) is 6.21. The number of nitrogens with zero attached hydrogens (tertiary/aromatic N) is 1. The number of nitrogens with one attached hydrogen (secondary N) is 1. The van der Waals surface area contributed by atoms with Gasteiger partial charge in [0.15, 0.2) is 0 Å². The van der Waals surface area contributed by atoms with E-state index >= 15 is 0 Å². The van der Waals surface area contributed by atoms with E-state index in [1.165, 1.54) is 9.87 Å². The lowest BCUT2D eigenvalue weighted by molar-refractivity contribution is 0.0668. The second-order valence-corrected chi connectivity index (χ2v) is 10.8. The standard InChI is InChI=1S/C23H27ClN2O4S/c1-17-2-8-21(9-3-17)31(28,29)26-14-10-20(11-15-26)30-22(27)25-16-23(12-13-23)18-4-6-19(24)7-5-18/h2-9,20H,10-16H2,1H3,(H,25,27). The molecule has 1 aliphatic heterocycles. The van der Waals surface area contributed by atoms with E-state index in [0.29, 0.717) is 42.4 Å². The molecule has 1 aliphatic carbocycles. The van der Waals surface area contributed by atoms with Gasteiger partial charge in [-0.25, -0.2) is 13.2 Å². The maximum absolute atomic E-state index is 12.8. The summed E-state index contributed by atoms with van der Waals surface area (Å²) in [5.74, 6) is 0. The summed E-state index contributed by atoms with van der Waals surface area (Å²) >= 11 is 5.97. The van der Waals surface area contributed by atoms with Gasteiger partial charge in [-0.05, 0) is 62.4 Å². The molecule has 2 aromatic carbocycles. The number of sulfonamides is 1. The van der Waals surface area contributed by atoms with Crippen LogP contribution in [0.1, 0.15) is 36.8 Å². The van der Waals surface area contributed by atoms with E-state index in [1.807, 2.05) is 31.2 Å². The fourth-order valence-electron chi connectivity index (χ4n) is 4.01. The van der Waals surface area contributed by atoms with E-state index in [9.17, 15) is 13.2 Å². The zero-order chi connectivity index (χ0) is 22.1. The van der Waals surface area contributed by atoms with Crippen molar-refractivity contribution in [2.24, 2.45) is 0 Å². The number of hydrogen-bond acceptors (Lipinski definition) is 4. The number of halogens is 1. The van der Waals surface area contributed by atoms with Crippen LogP contribution >= 0.6 is 11.6 Å². The molecule has 1 heterocycles. The second kappa shape index (κ2) is 8.81. The average Bonchev–Trinajstić information content (AvgIpc) is 3.55. The smallest absolute Gasteiger partial charge is 0.407 e. The number of piperidine rings is 1. The monoisotopic (exact) mass is 462 g/mol. The average molecular weight is 463 g/mol. The van der Waals surface area contributed by atoms with Gasteiger partial charge in [0.05, 0.1) is 4.90 Å². The Balaban J connectivity index is 1.26. The zero-order valence-corrected chi connectivity index (χ0v) is 19.1. The van der Waals surface area contributed by atoms with Crippen LogP contribution < -0.4 is 5.32 Å². The van der Waals surface area contributed by atoms with Crippen LogP contribution in [0, 0.1) is 6.92 Å². The lowest BCUT2D eigenvalue weighted by atomic mass is 9.96. The van der Waals surface area contributed by atoms with Crippen molar-refractivity contribution < 1.29 is 17.9 Å². The Labute approximate surface area is 188 Å². The number of amides is 1. The molecule has 0 spiro atoms. The Morgan fingerprint density at radius 1 is 1.10 bits per heavy atom. The van der Waals surface area contributed by atoms with Crippen molar-refractivity contribution in [2.45, 2.75) is 49.0 Å². The van der Waals surface area contributed by atoms with Crippen molar-refractivity contribution in [2.75, 3.05) is 19.6 Å². The van der Waals surface area contributed by atoms with Gasteiger partial charge in [0, 0.05) is 30.1 Å². The number of alkyl carbamates (subject to hydrolysis) is 1. The van der Waals surface area contributed by atoms with Crippen LogP contribution in [0.15, 0.2) is 53.4 Å². The Hall–Kier alpha value is -2.09. The first-order valence-electron chi connectivity index (χ1n) is 10.6. The van der Waals surface area contributed by atoms with Crippen LogP contribution in [0.5, 0.6) is 0 Å². The fourth-order valence-corrected chi connectivity index (χ4v) is 5.60. The Morgan fingerprint density at radius 2 is 1.71 bits per heavy atom. The molecule has 1 N–H and O–H groups in total. The van der Waals surface area contributed by atoms with Crippen LogP contribution in [0.2, 0.25) is 5.02 Å². The summed E-state index contributed by atoms with van der Waals surface area (Å²) in [7, 11) is -3.52. The molecule has 31 heavy (non-hydrogen) atoms. The third kappa shape index (κ3) is 5.05. The lowest BCUT2D eigenvalue weighted by Crippen LogP contribution is -2.43. The van der Waals surface area contributed by atoms with Crippen molar-refractivity contribution in [1.82, 2.24) is 9.62 Å². The van der Waals surface area contributed by atoms with Gasteiger partial charge in [-0.15, -0.1) is 0 Å². The van der Waals surface area contributed by atoms with Gasteiger partial charge in [0.1, 0.15) is 6.10 Å². The van der Waals surface area contributed by atoms with Crippen molar-refractivity contribution in [3.63, 3.8) is 0 Å². The zero-order valence-electron chi connectivity index (χ0n) is 17.5. The van der Waals surface area contributed by atoms with Crippen LogP contribution in [-0.4, -0.2) is 44.6 Å². The molecule has 8 heteroatoms. The number of benzene rings is 2. The molecule has 0 atom stereocenters. The largest absolute Gasteiger partial charge is 0.446 e. The summed E-state index contributed by atoms with van der Waals surface area (Å²) in [6.07, 6.45) is 2.28. The van der Waals surface area contributed by atoms with Crippen molar-refractivity contribution in [1.29, 1.82) is 0 Å². The molecule has 6 nitrogen and oxygen atoms in total.